The topological polar surface area (TPSA) is 46.3 Å². The Morgan fingerprint density at radius 2 is 2.00 bits per heavy atom. The van der Waals surface area contributed by atoms with Crippen molar-refractivity contribution in [2.75, 3.05) is 13.6 Å². The lowest BCUT2D eigenvalue weighted by Gasteiger charge is -2.24. The summed E-state index contributed by atoms with van der Waals surface area (Å²) < 4.78 is 0. The van der Waals surface area contributed by atoms with Gasteiger partial charge in [0.1, 0.15) is 0 Å². The minimum atomic E-state index is 0. The van der Waals surface area contributed by atoms with Gasteiger partial charge in [-0.1, -0.05) is 36.8 Å². The number of nitrogens with two attached hydrogens (primary N) is 1. The molecule has 1 fully saturated rings. The quantitative estimate of drug-likeness (QED) is 0.922. The smallest absolute Gasteiger partial charge is 0.226 e. The third-order valence-corrected chi connectivity index (χ3v) is 3.92. The first kappa shape index (κ1) is 16.0. The van der Waals surface area contributed by atoms with Crippen LogP contribution in [0.3, 0.4) is 0 Å². The van der Waals surface area contributed by atoms with Crippen molar-refractivity contribution in [3.8, 4) is 0 Å². The molecule has 19 heavy (non-hydrogen) atoms. The van der Waals surface area contributed by atoms with E-state index in [-0.39, 0.29) is 24.2 Å². The van der Waals surface area contributed by atoms with Gasteiger partial charge < -0.3 is 10.6 Å². The van der Waals surface area contributed by atoms with Crippen LogP contribution >= 0.6 is 12.4 Å². The fourth-order valence-electron chi connectivity index (χ4n) is 2.86. The van der Waals surface area contributed by atoms with Crippen LogP contribution in [0.2, 0.25) is 0 Å². The Kier molecular flexibility index (Phi) is 6.32. The van der Waals surface area contributed by atoms with Crippen molar-refractivity contribution in [3.63, 3.8) is 0 Å². The summed E-state index contributed by atoms with van der Waals surface area (Å²) in [4.78, 5) is 14.2. The summed E-state index contributed by atoms with van der Waals surface area (Å²) in [5, 5.41) is 0. The molecule has 0 aliphatic heterocycles. The predicted molar refractivity (Wildman–Crippen MR) is 80.0 cm³/mol. The van der Waals surface area contributed by atoms with Crippen molar-refractivity contribution in [1.29, 1.82) is 0 Å². The summed E-state index contributed by atoms with van der Waals surface area (Å²) in [5.41, 5.74) is 6.92. The Balaban J connectivity index is 0.00000180. The number of rotatable bonds is 4. The molecule has 1 aromatic carbocycles. The minimum absolute atomic E-state index is 0. The van der Waals surface area contributed by atoms with Crippen molar-refractivity contribution in [2.24, 2.45) is 17.6 Å². The Morgan fingerprint density at radius 3 is 2.63 bits per heavy atom. The fourth-order valence-corrected chi connectivity index (χ4v) is 2.86. The van der Waals surface area contributed by atoms with Crippen molar-refractivity contribution >= 4 is 18.3 Å². The first-order valence-electron chi connectivity index (χ1n) is 6.71. The molecular formula is C15H23ClN2O. The van der Waals surface area contributed by atoms with Gasteiger partial charge in [0, 0.05) is 19.5 Å². The van der Waals surface area contributed by atoms with Gasteiger partial charge in [0.05, 0.1) is 0 Å². The van der Waals surface area contributed by atoms with Crippen molar-refractivity contribution in [2.45, 2.75) is 25.8 Å². The molecule has 2 atom stereocenters. The lowest BCUT2D eigenvalue weighted by molar-refractivity contribution is -0.135. The summed E-state index contributed by atoms with van der Waals surface area (Å²) in [6.07, 6.45) is 3.24. The highest BCUT2D eigenvalue weighted by molar-refractivity contribution is 5.85. The second kappa shape index (κ2) is 7.51. The molecule has 0 unspecified atom stereocenters. The zero-order valence-electron chi connectivity index (χ0n) is 11.4. The maximum absolute atomic E-state index is 12.4. The van der Waals surface area contributed by atoms with Crippen LogP contribution in [-0.4, -0.2) is 24.4 Å². The molecule has 0 saturated heterocycles. The molecule has 0 aromatic heterocycles. The molecule has 0 bridgehead atoms. The van der Waals surface area contributed by atoms with E-state index in [1.54, 1.807) is 0 Å². The average Bonchev–Trinajstić information content (AvgIpc) is 2.87. The van der Waals surface area contributed by atoms with Crippen molar-refractivity contribution in [3.05, 3.63) is 35.9 Å². The Bertz CT molecular complexity index is 396. The van der Waals surface area contributed by atoms with E-state index in [4.69, 9.17) is 5.73 Å². The first-order valence-corrected chi connectivity index (χ1v) is 6.71. The Labute approximate surface area is 121 Å². The van der Waals surface area contributed by atoms with Crippen molar-refractivity contribution in [1.82, 2.24) is 4.90 Å². The Hall–Kier alpha value is -1.06. The summed E-state index contributed by atoms with van der Waals surface area (Å²) in [7, 11) is 1.89. The van der Waals surface area contributed by atoms with Crippen molar-refractivity contribution < 1.29 is 4.79 Å². The molecule has 4 heteroatoms. The van der Waals surface area contributed by atoms with Gasteiger partial charge in [0.15, 0.2) is 0 Å². The molecule has 1 saturated carbocycles. The number of benzene rings is 1. The highest BCUT2D eigenvalue weighted by Crippen LogP contribution is 2.32. The molecule has 0 radical (unpaired) electrons. The molecular weight excluding hydrogens is 260 g/mol. The normalized spacial score (nSPS) is 21.8. The van der Waals surface area contributed by atoms with Gasteiger partial charge in [-0.25, -0.2) is 0 Å². The summed E-state index contributed by atoms with van der Waals surface area (Å²) in [6.45, 7) is 1.32. The predicted octanol–water partition coefficient (Wildman–Crippen LogP) is 2.44. The second-order valence-corrected chi connectivity index (χ2v) is 5.21. The molecule has 1 aliphatic rings. The molecule has 106 valence electrons. The minimum Gasteiger partial charge on any atom is -0.341 e. The Morgan fingerprint density at radius 1 is 1.32 bits per heavy atom. The zero-order valence-corrected chi connectivity index (χ0v) is 12.2. The molecule has 0 heterocycles. The van der Waals surface area contributed by atoms with Crippen LogP contribution in [0.5, 0.6) is 0 Å². The van der Waals surface area contributed by atoms with Crippen LogP contribution in [0.25, 0.3) is 0 Å². The SMILES string of the molecule is CN(Cc1ccccc1)C(=O)[C@@H]1CCC[C@@H]1CN.Cl. The molecule has 2 N–H and O–H groups in total. The monoisotopic (exact) mass is 282 g/mol. The lowest BCUT2D eigenvalue weighted by atomic mass is 9.95. The summed E-state index contributed by atoms with van der Waals surface area (Å²) in [5.74, 6) is 0.784. The largest absolute Gasteiger partial charge is 0.341 e. The van der Waals surface area contributed by atoms with Gasteiger partial charge >= 0.3 is 0 Å². The molecule has 0 spiro atoms. The zero-order chi connectivity index (χ0) is 13.0. The number of hydrogen-bond donors (Lipinski definition) is 1. The van der Waals surface area contributed by atoms with Gasteiger partial charge in [-0.3, -0.25) is 4.79 Å². The number of nitrogens with zero attached hydrogens (tertiary/aromatic N) is 1. The highest BCUT2D eigenvalue weighted by atomic mass is 35.5. The summed E-state index contributed by atoms with van der Waals surface area (Å²) >= 11 is 0. The average molecular weight is 283 g/mol. The molecule has 1 aromatic rings. The van der Waals surface area contributed by atoms with Crippen LogP contribution in [0, 0.1) is 11.8 Å². The van der Waals surface area contributed by atoms with E-state index < -0.39 is 0 Å². The van der Waals surface area contributed by atoms with E-state index in [1.165, 1.54) is 5.56 Å². The van der Waals surface area contributed by atoms with Gasteiger partial charge in [0.2, 0.25) is 5.91 Å². The van der Waals surface area contributed by atoms with Crippen LogP contribution in [0.4, 0.5) is 0 Å². The lowest BCUT2D eigenvalue weighted by Crippen LogP contribution is -2.36. The number of carbonyl (C=O) groups is 1. The highest BCUT2D eigenvalue weighted by Gasteiger charge is 2.33. The summed E-state index contributed by atoms with van der Waals surface area (Å²) in [6, 6.07) is 10.1. The molecule has 3 nitrogen and oxygen atoms in total. The molecule has 2 rings (SSSR count). The second-order valence-electron chi connectivity index (χ2n) is 5.21. The van der Waals surface area contributed by atoms with Crippen LogP contribution in [0.1, 0.15) is 24.8 Å². The number of halogens is 1. The third-order valence-electron chi connectivity index (χ3n) is 3.92. The van der Waals surface area contributed by atoms with E-state index >= 15 is 0 Å². The number of carbonyl (C=O) groups excluding carboxylic acids is 1. The molecule has 1 aliphatic carbocycles. The maximum Gasteiger partial charge on any atom is 0.226 e. The van der Waals surface area contributed by atoms with Gasteiger partial charge in [-0.05, 0) is 30.9 Å². The number of amides is 1. The van der Waals surface area contributed by atoms with Crippen LogP contribution < -0.4 is 5.73 Å². The van der Waals surface area contributed by atoms with Gasteiger partial charge in [0.25, 0.3) is 0 Å². The van der Waals surface area contributed by atoms with Crippen LogP contribution in [0.15, 0.2) is 30.3 Å². The van der Waals surface area contributed by atoms with Gasteiger partial charge in [-0.2, -0.15) is 0 Å². The number of hydrogen-bond acceptors (Lipinski definition) is 2. The van der Waals surface area contributed by atoms with E-state index in [9.17, 15) is 4.79 Å². The van der Waals surface area contributed by atoms with Crippen LogP contribution in [-0.2, 0) is 11.3 Å². The van der Waals surface area contributed by atoms with E-state index in [2.05, 4.69) is 12.1 Å². The third kappa shape index (κ3) is 3.95. The van der Waals surface area contributed by atoms with E-state index in [0.717, 1.165) is 19.3 Å². The van der Waals surface area contributed by atoms with Gasteiger partial charge in [-0.15, -0.1) is 12.4 Å². The van der Waals surface area contributed by atoms with E-state index in [1.807, 2.05) is 30.1 Å². The maximum atomic E-state index is 12.4. The van der Waals surface area contributed by atoms with E-state index in [0.29, 0.717) is 19.0 Å². The standard InChI is InChI=1S/C15H22N2O.ClH/c1-17(11-12-6-3-2-4-7-12)15(18)14-9-5-8-13(14)10-16;/h2-4,6-7,13-14H,5,8-11,16H2,1H3;1H/t13-,14-;/m1./s1. The molecule has 1 amide bonds. The first-order chi connectivity index (χ1) is 8.72. The fraction of sp³-hybridized carbons (Fsp3) is 0.533.